The molecule has 1 N–H and O–H groups in total. The van der Waals surface area contributed by atoms with Gasteiger partial charge in [0.2, 0.25) is 0 Å². The first kappa shape index (κ1) is 15.0. The monoisotopic (exact) mass is 324 g/mol. The standard InChI is InChI=1S/C19H20N2O3/c22-19-20-17-11-15(8-9-18(17)24-19)23-16-12-21(13-16)10-4-7-14-5-2-1-3-6-14/h1-3,5-6,8-9,11,16H,4,7,10,12-13H2,(H,20,22). The van der Waals surface area contributed by atoms with Gasteiger partial charge in [-0.05, 0) is 37.1 Å². The number of benzene rings is 2. The van der Waals surface area contributed by atoms with Crippen LogP contribution in [-0.2, 0) is 6.42 Å². The Labute approximate surface area is 139 Å². The molecule has 2 aromatic carbocycles. The number of nitrogens with zero attached hydrogens (tertiary/aromatic N) is 1. The second-order valence-electron chi connectivity index (χ2n) is 6.26. The Morgan fingerprint density at radius 2 is 2.00 bits per heavy atom. The van der Waals surface area contributed by atoms with E-state index in [0.29, 0.717) is 11.1 Å². The molecular formula is C19H20N2O3. The highest BCUT2D eigenvalue weighted by Crippen LogP contribution is 2.22. The van der Waals surface area contributed by atoms with Gasteiger partial charge in [-0.2, -0.15) is 0 Å². The van der Waals surface area contributed by atoms with Crippen molar-refractivity contribution in [1.29, 1.82) is 0 Å². The summed E-state index contributed by atoms with van der Waals surface area (Å²) in [6.45, 7) is 3.01. The number of hydrogen-bond donors (Lipinski definition) is 1. The van der Waals surface area contributed by atoms with Crippen molar-refractivity contribution in [3.05, 3.63) is 64.6 Å². The fraction of sp³-hybridized carbons (Fsp3) is 0.316. The van der Waals surface area contributed by atoms with E-state index in [1.165, 1.54) is 12.0 Å². The number of aryl methyl sites for hydroxylation is 1. The topological polar surface area (TPSA) is 58.5 Å². The molecule has 5 nitrogen and oxygen atoms in total. The van der Waals surface area contributed by atoms with E-state index < -0.39 is 5.76 Å². The second kappa shape index (κ2) is 6.53. The molecule has 1 saturated heterocycles. The van der Waals surface area contributed by atoms with E-state index in [-0.39, 0.29) is 6.10 Å². The Morgan fingerprint density at radius 1 is 1.17 bits per heavy atom. The highest BCUT2D eigenvalue weighted by Gasteiger charge is 2.27. The lowest BCUT2D eigenvalue weighted by Crippen LogP contribution is -2.53. The van der Waals surface area contributed by atoms with Gasteiger partial charge in [-0.15, -0.1) is 0 Å². The van der Waals surface area contributed by atoms with E-state index in [1.54, 1.807) is 6.07 Å². The summed E-state index contributed by atoms with van der Waals surface area (Å²) in [5.41, 5.74) is 2.63. The zero-order valence-electron chi connectivity index (χ0n) is 13.4. The number of fused-ring (bicyclic) bond motifs is 1. The molecule has 124 valence electrons. The number of aromatic nitrogens is 1. The predicted molar refractivity (Wildman–Crippen MR) is 92.5 cm³/mol. The maximum atomic E-state index is 11.2. The van der Waals surface area contributed by atoms with Crippen molar-refractivity contribution in [3.8, 4) is 5.75 Å². The molecule has 0 amide bonds. The molecule has 0 spiro atoms. The van der Waals surface area contributed by atoms with Crippen LogP contribution < -0.4 is 10.5 Å². The lowest BCUT2D eigenvalue weighted by Gasteiger charge is -2.39. The predicted octanol–water partition coefficient (Wildman–Crippen LogP) is 2.82. The quantitative estimate of drug-likeness (QED) is 0.757. The molecule has 1 aliphatic heterocycles. The average Bonchev–Trinajstić information content (AvgIpc) is 2.92. The van der Waals surface area contributed by atoms with Crippen molar-refractivity contribution < 1.29 is 9.15 Å². The summed E-state index contributed by atoms with van der Waals surface area (Å²) in [5, 5.41) is 0. The van der Waals surface area contributed by atoms with Gasteiger partial charge in [0.25, 0.3) is 0 Å². The number of likely N-dealkylation sites (tertiary alicyclic amines) is 1. The molecule has 0 unspecified atom stereocenters. The normalized spacial score (nSPS) is 15.5. The molecule has 5 heteroatoms. The summed E-state index contributed by atoms with van der Waals surface area (Å²) in [6, 6.07) is 16.0. The molecule has 3 aromatic rings. The van der Waals surface area contributed by atoms with Crippen LogP contribution >= 0.6 is 0 Å². The minimum absolute atomic E-state index is 0.220. The molecule has 0 atom stereocenters. The van der Waals surface area contributed by atoms with E-state index in [4.69, 9.17) is 9.15 Å². The fourth-order valence-electron chi connectivity index (χ4n) is 3.13. The maximum absolute atomic E-state index is 11.2. The van der Waals surface area contributed by atoms with Gasteiger partial charge < -0.3 is 9.15 Å². The number of ether oxygens (including phenoxy) is 1. The van der Waals surface area contributed by atoms with Gasteiger partial charge in [0.1, 0.15) is 11.9 Å². The van der Waals surface area contributed by atoms with E-state index in [9.17, 15) is 4.79 Å². The Morgan fingerprint density at radius 3 is 2.83 bits per heavy atom. The highest BCUT2D eigenvalue weighted by molar-refractivity contribution is 5.73. The molecule has 0 aliphatic carbocycles. The second-order valence-corrected chi connectivity index (χ2v) is 6.26. The summed E-state index contributed by atoms with van der Waals surface area (Å²) in [7, 11) is 0. The third-order valence-corrected chi connectivity index (χ3v) is 4.40. The van der Waals surface area contributed by atoms with Crippen LogP contribution in [0.15, 0.2) is 57.7 Å². The number of hydrogen-bond acceptors (Lipinski definition) is 4. The van der Waals surface area contributed by atoms with Gasteiger partial charge >= 0.3 is 5.76 Å². The highest BCUT2D eigenvalue weighted by atomic mass is 16.5. The van der Waals surface area contributed by atoms with E-state index in [0.717, 1.165) is 31.8 Å². The van der Waals surface area contributed by atoms with Gasteiger partial charge in [-0.1, -0.05) is 30.3 Å². The molecular weight excluding hydrogens is 304 g/mol. The number of aromatic amines is 1. The molecule has 1 aromatic heterocycles. The van der Waals surface area contributed by atoms with Crippen molar-refractivity contribution in [2.75, 3.05) is 19.6 Å². The van der Waals surface area contributed by atoms with Gasteiger partial charge in [0.05, 0.1) is 5.52 Å². The Kier molecular flexibility index (Phi) is 4.09. The number of oxazole rings is 1. The molecule has 0 saturated carbocycles. The molecule has 0 radical (unpaired) electrons. The van der Waals surface area contributed by atoms with Gasteiger partial charge in [0.15, 0.2) is 5.58 Å². The summed E-state index contributed by atoms with van der Waals surface area (Å²) in [4.78, 5) is 16.2. The smallest absolute Gasteiger partial charge is 0.417 e. The van der Waals surface area contributed by atoms with E-state index >= 15 is 0 Å². The first-order valence-electron chi connectivity index (χ1n) is 8.32. The van der Waals surface area contributed by atoms with Gasteiger partial charge in [-0.25, -0.2) is 4.79 Å². The number of rotatable bonds is 6. The zero-order chi connectivity index (χ0) is 16.4. The Bertz CT molecular complexity index is 863. The van der Waals surface area contributed by atoms with Gasteiger partial charge in [0, 0.05) is 19.2 Å². The van der Waals surface area contributed by atoms with Gasteiger partial charge in [-0.3, -0.25) is 9.88 Å². The first-order chi connectivity index (χ1) is 11.8. The summed E-state index contributed by atoms with van der Waals surface area (Å²) >= 11 is 0. The van der Waals surface area contributed by atoms with Crippen molar-refractivity contribution >= 4 is 11.1 Å². The maximum Gasteiger partial charge on any atom is 0.417 e. The Balaban J connectivity index is 1.23. The number of H-pyrrole nitrogens is 1. The van der Waals surface area contributed by atoms with Crippen LogP contribution in [-0.4, -0.2) is 35.6 Å². The average molecular weight is 324 g/mol. The SMILES string of the molecule is O=c1[nH]c2cc(OC3CN(CCCc4ccccc4)C3)ccc2o1. The van der Waals surface area contributed by atoms with Crippen molar-refractivity contribution in [2.24, 2.45) is 0 Å². The van der Waals surface area contributed by atoms with Crippen molar-refractivity contribution in [2.45, 2.75) is 18.9 Å². The fourth-order valence-corrected chi connectivity index (χ4v) is 3.13. The first-order valence-corrected chi connectivity index (χ1v) is 8.32. The largest absolute Gasteiger partial charge is 0.488 e. The van der Waals surface area contributed by atoms with Crippen LogP contribution in [0.2, 0.25) is 0 Å². The third kappa shape index (κ3) is 3.36. The zero-order valence-corrected chi connectivity index (χ0v) is 13.4. The Hall–Kier alpha value is -2.53. The van der Waals surface area contributed by atoms with E-state index in [1.807, 2.05) is 12.1 Å². The summed E-state index contributed by atoms with van der Waals surface area (Å²) in [6.07, 6.45) is 2.50. The van der Waals surface area contributed by atoms with Crippen LogP contribution in [0, 0.1) is 0 Å². The van der Waals surface area contributed by atoms with Crippen LogP contribution in [0.3, 0.4) is 0 Å². The minimum atomic E-state index is -0.435. The van der Waals surface area contributed by atoms with Crippen LogP contribution in [0.5, 0.6) is 5.75 Å². The third-order valence-electron chi connectivity index (χ3n) is 4.40. The summed E-state index contributed by atoms with van der Waals surface area (Å²) in [5.74, 6) is 0.337. The molecule has 2 heterocycles. The lowest BCUT2D eigenvalue weighted by atomic mass is 10.1. The van der Waals surface area contributed by atoms with Crippen LogP contribution in [0.4, 0.5) is 0 Å². The molecule has 1 aliphatic rings. The van der Waals surface area contributed by atoms with Crippen LogP contribution in [0.1, 0.15) is 12.0 Å². The molecule has 0 bridgehead atoms. The lowest BCUT2D eigenvalue weighted by molar-refractivity contribution is 0.0196. The van der Waals surface area contributed by atoms with E-state index in [2.05, 4.69) is 40.2 Å². The summed E-state index contributed by atoms with van der Waals surface area (Å²) < 4.78 is 10.9. The van der Waals surface area contributed by atoms with Crippen LogP contribution in [0.25, 0.3) is 11.1 Å². The number of nitrogens with one attached hydrogen (secondary N) is 1. The molecule has 4 rings (SSSR count). The van der Waals surface area contributed by atoms with Crippen molar-refractivity contribution in [3.63, 3.8) is 0 Å². The minimum Gasteiger partial charge on any atom is -0.488 e. The van der Waals surface area contributed by atoms with Crippen molar-refractivity contribution in [1.82, 2.24) is 9.88 Å². The molecule has 24 heavy (non-hydrogen) atoms. The molecule has 1 fully saturated rings.